The lowest BCUT2D eigenvalue weighted by Crippen LogP contribution is -2.28. The summed E-state index contributed by atoms with van der Waals surface area (Å²) in [5.41, 5.74) is 0.857. The molecule has 1 aromatic heterocycles. The fourth-order valence-electron chi connectivity index (χ4n) is 2.75. The Hall–Kier alpha value is -3.06. The van der Waals surface area contributed by atoms with Crippen LogP contribution in [0.4, 0.5) is 5.69 Å². The zero-order valence-corrected chi connectivity index (χ0v) is 16.4. The van der Waals surface area contributed by atoms with Gasteiger partial charge in [-0.25, -0.2) is 8.42 Å². The summed E-state index contributed by atoms with van der Waals surface area (Å²) in [6.07, 6.45) is 3.07. The molecule has 0 fully saturated rings. The van der Waals surface area contributed by atoms with Crippen LogP contribution < -0.4 is 9.62 Å². The summed E-state index contributed by atoms with van der Waals surface area (Å²) < 4.78 is 32.2. The van der Waals surface area contributed by atoms with Crippen molar-refractivity contribution in [1.29, 1.82) is 0 Å². The molecule has 0 aliphatic heterocycles. The molecule has 1 N–H and O–H groups in total. The van der Waals surface area contributed by atoms with E-state index >= 15 is 0 Å². The first-order valence-corrected chi connectivity index (χ1v) is 10.4. The Morgan fingerprint density at radius 3 is 2.54 bits per heavy atom. The van der Waals surface area contributed by atoms with Crippen molar-refractivity contribution in [2.45, 2.75) is 17.7 Å². The molecule has 3 aromatic rings. The van der Waals surface area contributed by atoms with Crippen LogP contribution in [0.1, 0.15) is 22.5 Å². The van der Waals surface area contributed by atoms with Gasteiger partial charge in [-0.15, -0.1) is 0 Å². The second kappa shape index (κ2) is 8.75. The van der Waals surface area contributed by atoms with Crippen molar-refractivity contribution in [3.05, 3.63) is 84.3 Å². The van der Waals surface area contributed by atoms with Crippen LogP contribution in [0.25, 0.3) is 0 Å². The zero-order valence-electron chi connectivity index (χ0n) is 15.5. The lowest BCUT2D eigenvalue weighted by Gasteiger charge is -2.19. The Balaban J connectivity index is 1.66. The molecule has 0 bridgehead atoms. The fourth-order valence-corrected chi connectivity index (χ4v) is 4.00. The average Bonchev–Trinajstić information content (AvgIpc) is 3.24. The molecule has 28 heavy (non-hydrogen) atoms. The summed E-state index contributed by atoms with van der Waals surface area (Å²) in [6, 6.07) is 18.6. The number of para-hydroxylation sites is 1. The van der Waals surface area contributed by atoms with E-state index in [1.165, 1.54) is 23.5 Å². The van der Waals surface area contributed by atoms with Crippen molar-refractivity contribution in [3.63, 3.8) is 0 Å². The summed E-state index contributed by atoms with van der Waals surface area (Å²) >= 11 is 0. The van der Waals surface area contributed by atoms with Gasteiger partial charge in [0.1, 0.15) is 5.76 Å². The van der Waals surface area contributed by atoms with Crippen LogP contribution in [0.3, 0.4) is 0 Å². The molecule has 0 aliphatic carbocycles. The lowest BCUT2D eigenvalue weighted by atomic mass is 10.2. The van der Waals surface area contributed by atoms with E-state index in [0.717, 1.165) is 18.6 Å². The Morgan fingerprint density at radius 1 is 1.04 bits per heavy atom. The van der Waals surface area contributed by atoms with Crippen LogP contribution in [-0.2, 0) is 16.4 Å². The summed E-state index contributed by atoms with van der Waals surface area (Å²) in [7, 11) is -2.27. The predicted molar refractivity (Wildman–Crippen MR) is 108 cm³/mol. The molecule has 0 spiro atoms. The Labute approximate surface area is 164 Å². The number of nitrogens with zero attached hydrogens (tertiary/aromatic N) is 1. The van der Waals surface area contributed by atoms with E-state index in [9.17, 15) is 13.2 Å². The first-order valence-electron chi connectivity index (χ1n) is 8.93. The maximum Gasteiger partial charge on any atom is 0.264 e. The number of hydrogen-bond acceptors (Lipinski definition) is 4. The topological polar surface area (TPSA) is 79.6 Å². The third-order valence-corrected chi connectivity index (χ3v) is 6.12. The molecule has 0 atom stereocenters. The van der Waals surface area contributed by atoms with E-state index in [4.69, 9.17) is 4.42 Å². The van der Waals surface area contributed by atoms with Gasteiger partial charge in [0, 0.05) is 25.6 Å². The van der Waals surface area contributed by atoms with Crippen molar-refractivity contribution < 1.29 is 17.6 Å². The fraction of sp³-hybridized carbons (Fsp3) is 0.190. The van der Waals surface area contributed by atoms with Gasteiger partial charge in [0.25, 0.3) is 15.9 Å². The largest absolute Gasteiger partial charge is 0.469 e. The highest BCUT2D eigenvalue weighted by molar-refractivity contribution is 7.92. The molecule has 146 valence electrons. The number of carbonyl (C=O) groups excluding carboxylic acids is 1. The predicted octanol–water partition coefficient (Wildman–Crippen LogP) is 3.47. The minimum Gasteiger partial charge on any atom is -0.469 e. The number of furan rings is 1. The molecule has 1 amide bonds. The molecule has 0 unspecified atom stereocenters. The zero-order chi connectivity index (χ0) is 20.0. The minimum atomic E-state index is -3.76. The standard InChI is InChI=1S/C21H22N2O4S/c1-23(18-9-3-2-4-10-18)28(25,26)20-13-5-8-17(16-20)21(24)22-14-6-11-19-12-7-15-27-19/h2-5,7-10,12-13,15-16H,6,11,14H2,1H3,(H,22,24). The van der Waals surface area contributed by atoms with Crippen LogP contribution in [0.2, 0.25) is 0 Å². The highest BCUT2D eigenvalue weighted by atomic mass is 32.2. The summed E-state index contributed by atoms with van der Waals surface area (Å²) in [6.45, 7) is 0.473. The summed E-state index contributed by atoms with van der Waals surface area (Å²) in [5.74, 6) is 0.560. The third kappa shape index (κ3) is 4.61. The van der Waals surface area contributed by atoms with Gasteiger partial charge < -0.3 is 9.73 Å². The maximum atomic E-state index is 12.9. The number of anilines is 1. The number of amides is 1. The average molecular weight is 398 g/mol. The van der Waals surface area contributed by atoms with E-state index in [-0.39, 0.29) is 10.8 Å². The SMILES string of the molecule is CN(c1ccccc1)S(=O)(=O)c1cccc(C(=O)NCCCc2ccco2)c1. The number of rotatable bonds is 8. The summed E-state index contributed by atoms with van der Waals surface area (Å²) in [5, 5.41) is 2.81. The van der Waals surface area contributed by atoms with Gasteiger partial charge in [0.15, 0.2) is 0 Å². The molecule has 2 aromatic carbocycles. The number of benzene rings is 2. The van der Waals surface area contributed by atoms with Gasteiger partial charge in [0.05, 0.1) is 16.8 Å². The van der Waals surface area contributed by atoms with Crippen molar-refractivity contribution in [2.75, 3.05) is 17.9 Å². The van der Waals surface area contributed by atoms with E-state index in [2.05, 4.69) is 5.32 Å². The van der Waals surface area contributed by atoms with Crippen LogP contribution in [0.5, 0.6) is 0 Å². The molecule has 0 aliphatic rings. The van der Waals surface area contributed by atoms with Gasteiger partial charge in [-0.1, -0.05) is 24.3 Å². The van der Waals surface area contributed by atoms with Crippen LogP contribution in [-0.4, -0.2) is 27.9 Å². The molecular formula is C21H22N2O4S. The number of hydrogen-bond donors (Lipinski definition) is 1. The Kier molecular flexibility index (Phi) is 6.16. The van der Waals surface area contributed by atoms with Gasteiger partial charge in [-0.3, -0.25) is 9.10 Å². The van der Waals surface area contributed by atoms with Crippen LogP contribution >= 0.6 is 0 Å². The molecule has 6 nitrogen and oxygen atoms in total. The number of nitrogens with one attached hydrogen (secondary N) is 1. The molecule has 3 rings (SSSR count). The minimum absolute atomic E-state index is 0.0714. The molecule has 7 heteroatoms. The van der Waals surface area contributed by atoms with Crippen LogP contribution in [0.15, 0.2) is 82.3 Å². The molecule has 0 saturated heterocycles. The third-order valence-electron chi connectivity index (χ3n) is 4.34. The van der Waals surface area contributed by atoms with E-state index < -0.39 is 10.0 Å². The number of sulfonamides is 1. The molecule has 0 saturated carbocycles. The second-order valence-electron chi connectivity index (χ2n) is 6.27. The maximum absolute atomic E-state index is 12.9. The highest BCUT2D eigenvalue weighted by Crippen LogP contribution is 2.22. The second-order valence-corrected chi connectivity index (χ2v) is 8.24. The smallest absolute Gasteiger partial charge is 0.264 e. The highest BCUT2D eigenvalue weighted by Gasteiger charge is 2.22. The summed E-state index contributed by atoms with van der Waals surface area (Å²) in [4.78, 5) is 12.5. The Bertz CT molecular complexity index is 1020. The monoisotopic (exact) mass is 398 g/mol. The van der Waals surface area contributed by atoms with Gasteiger partial charge in [-0.05, 0) is 48.9 Å². The lowest BCUT2D eigenvalue weighted by molar-refractivity contribution is 0.0953. The molecular weight excluding hydrogens is 376 g/mol. The quantitative estimate of drug-likeness (QED) is 0.589. The van der Waals surface area contributed by atoms with Gasteiger partial charge in [-0.2, -0.15) is 0 Å². The van der Waals surface area contributed by atoms with Gasteiger partial charge in [0.2, 0.25) is 0 Å². The first kappa shape index (κ1) is 19.7. The van der Waals surface area contributed by atoms with E-state index in [1.54, 1.807) is 42.7 Å². The van der Waals surface area contributed by atoms with Crippen molar-refractivity contribution in [2.24, 2.45) is 0 Å². The number of aryl methyl sites for hydroxylation is 1. The first-order chi connectivity index (χ1) is 13.5. The number of carbonyl (C=O) groups is 1. The van der Waals surface area contributed by atoms with E-state index in [1.807, 2.05) is 18.2 Å². The normalized spacial score (nSPS) is 11.2. The van der Waals surface area contributed by atoms with Crippen molar-refractivity contribution in [3.8, 4) is 0 Å². The van der Waals surface area contributed by atoms with E-state index in [0.29, 0.717) is 17.8 Å². The van der Waals surface area contributed by atoms with Crippen molar-refractivity contribution >= 4 is 21.6 Å². The Morgan fingerprint density at radius 2 is 1.82 bits per heavy atom. The van der Waals surface area contributed by atoms with Gasteiger partial charge >= 0.3 is 0 Å². The van der Waals surface area contributed by atoms with Crippen molar-refractivity contribution in [1.82, 2.24) is 5.32 Å². The van der Waals surface area contributed by atoms with Crippen LogP contribution in [0, 0.1) is 0 Å². The molecule has 0 radical (unpaired) electrons. The molecule has 1 heterocycles.